The lowest BCUT2D eigenvalue weighted by atomic mass is 9.95. The van der Waals surface area contributed by atoms with Crippen LogP contribution in [-0.4, -0.2) is 62.1 Å². The van der Waals surface area contributed by atoms with Crippen LogP contribution in [0.5, 0.6) is 0 Å². The van der Waals surface area contributed by atoms with Crippen molar-refractivity contribution >= 4 is 5.91 Å². The van der Waals surface area contributed by atoms with Crippen molar-refractivity contribution in [3.8, 4) is 0 Å². The average Bonchev–Trinajstić information content (AvgIpc) is 3.26. The van der Waals surface area contributed by atoms with Crippen molar-refractivity contribution in [2.24, 2.45) is 0 Å². The molecule has 0 spiro atoms. The summed E-state index contributed by atoms with van der Waals surface area (Å²) in [4.78, 5) is 35.4. The Balaban J connectivity index is 1.36. The van der Waals surface area contributed by atoms with Gasteiger partial charge in [-0.15, -0.1) is 0 Å². The van der Waals surface area contributed by atoms with Crippen LogP contribution in [0.3, 0.4) is 0 Å². The van der Waals surface area contributed by atoms with Gasteiger partial charge in [0.15, 0.2) is 0 Å². The van der Waals surface area contributed by atoms with Crippen LogP contribution in [0.25, 0.3) is 0 Å². The molecule has 1 unspecified atom stereocenters. The molecule has 0 radical (unpaired) electrons. The SMILES string of the molecule is O=C(CN1CCCC1c1cc(C(F)(F)F)c(=O)[nH]n1)N1CCC(c2ncc(C(F)(F)F)cn2)CC1. The highest BCUT2D eigenvalue weighted by molar-refractivity contribution is 5.78. The third kappa shape index (κ3) is 5.63. The summed E-state index contributed by atoms with van der Waals surface area (Å²) in [5.41, 5.74) is -3.51. The number of hydrogen-bond donors (Lipinski definition) is 1. The van der Waals surface area contributed by atoms with E-state index in [0.29, 0.717) is 51.1 Å². The quantitative estimate of drug-likeness (QED) is 0.643. The van der Waals surface area contributed by atoms with Crippen molar-refractivity contribution in [2.45, 2.75) is 50.0 Å². The van der Waals surface area contributed by atoms with Gasteiger partial charge < -0.3 is 4.90 Å². The molecule has 2 aliphatic heterocycles. The summed E-state index contributed by atoms with van der Waals surface area (Å²) < 4.78 is 77.4. The van der Waals surface area contributed by atoms with E-state index >= 15 is 0 Å². The zero-order chi connectivity index (χ0) is 25.4. The Morgan fingerprint density at radius 1 is 1.00 bits per heavy atom. The first-order chi connectivity index (χ1) is 16.4. The van der Waals surface area contributed by atoms with Gasteiger partial charge in [0.2, 0.25) is 5.91 Å². The Kier molecular flexibility index (Phi) is 6.84. The van der Waals surface area contributed by atoms with Crippen molar-refractivity contribution in [3.63, 3.8) is 0 Å². The molecule has 0 bridgehead atoms. The lowest BCUT2D eigenvalue weighted by molar-refractivity contribution is -0.139. The first kappa shape index (κ1) is 25.1. The van der Waals surface area contributed by atoms with E-state index in [1.807, 2.05) is 5.10 Å². The Morgan fingerprint density at radius 3 is 2.26 bits per heavy atom. The maximum atomic E-state index is 13.1. The highest BCUT2D eigenvalue weighted by Crippen LogP contribution is 2.34. The minimum absolute atomic E-state index is 0.0196. The van der Waals surface area contributed by atoms with Crippen molar-refractivity contribution in [1.82, 2.24) is 30.0 Å². The molecule has 0 aliphatic carbocycles. The number of nitrogens with one attached hydrogen (secondary N) is 1. The smallest absolute Gasteiger partial charge is 0.342 e. The Morgan fingerprint density at radius 2 is 1.66 bits per heavy atom. The van der Waals surface area contributed by atoms with Crippen LogP contribution in [0.4, 0.5) is 26.3 Å². The maximum Gasteiger partial charge on any atom is 0.421 e. The first-order valence-electron chi connectivity index (χ1n) is 11.0. The van der Waals surface area contributed by atoms with Crippen LogP contribution in [0.2, 0.25) is 0 Å². The minimum atomic E-state index is -4.81. The predicted octanol–water partition coefficient (Wildman–Crippen LogP) is 3.14. The van der Waals surface area contributed by atoms with Gasteiger partial charge in [-0.05, 0) is 38.3 Å². The van der Waals surface area contributed by atoms with Crippen molar-refractivity contribution in [1.29, 1.82) is 0 Å². The van der Waals surface area contributed by atoms with E-state index in [-0.39, 0.29) is 24.1 Å². The van der Waals surface area contributed by atoms with Crippen LogP contribution in [-0.2, 0) is 17.1 Å². The molecule has 4 heterocycles. The number of halogens is 6. The van der Waals surface area contributed by atoms with Crippen LogP contribution >= 0.6 is 0 Å². The molecule has 1 atom stereocenters. The molecule has 35 heavy (non-hydrogen) atoms. The third-order valence-electron chi connectivity index (χ3n) is 6.38. The lowest BCUT2D eigenvalue weighted by Crippen LogP contribution is -2.44. The Bertz CT molecular complexity index is 1110. The fourth-order valence-corrected chi connectivity index (χ4v) is 4.51. The summed E-state index contributed by atoms with van der Waals surface area (Å²) >= 11 is 0. The monoisotopic (exact) mass is 504 g/mol. The third-order valence-corrected chi connectivity index (χ3v) is 6.38. The number of rotatable bonds is 4. The van der Waals surface area contributed by atoms with E-state index in [4.69, 9.17) is 0 Å². The highest BCUT2D eigenvalue weighted by atomic mass is 19.4. The van der Waals surface area contributed by atoms with Crippen LogP contribution < -0.4 is 5.56 Å². The standard InChI is InChI=1S/C21H22F6N6O2/c22-20(23,24)13-9-28-18(29-10-13)12-3-6-32(7-4-12)17(34)11-33-5-1-2-16(33)15-8-14(21(25,26)27)19(35)31-30-15/h8-10,12,16H,1-7,11H2,(H,31,35). The highest BCUT2D eigenvalue weighted by Gasteiger charge is 2.37. The molecule has 0 aromatic carbocycles. The first-order valence-corrected chi connectivity index (χ1v) is 11.0. The zero-order valence-corrected chi connectivity index (χ0v) is 18.4. The largest absolute Gasteiger partial charge is 0.421 e. The van der Waals surface area contributed by atoms with Gasteiger partial charge >= 0.3 is 12.4 Å². The molecule has 1 N–H and O–H groups in total. The second-order valence-corrected chi connectivity index (χ2v) is 8.64. The summed E-state index contributed by atoms with van der Waals surface area (Å²) in [7, 11) is 0. The van der Waals surface area contributed by atoms with Gasteiger partial charge in [0.05, 0.1) is 23.8 Å². The summed E-state index contributed by atoms with van der Waals surface area (Å²) in [6.45, 7) is 1.20. The molecular weight excluding hydrogens is 482 g/mol. The summed E-state index contributed by atoms with van der Waals surface area (Å²) in [6.07, 6.45) is -5.70. The van der Waals surface area contributed by atoms with Crippen LogP contribution in [0.1, 0.15) is 60.3 Å². The molecule has 14 heteroatoms. The van der Waals surface area contributed by atoms with Gasteiger partial charge in [-0.3, -0.25) is 14.5 Å². The number of H-pyrrole nitrogens is 1. The molecular formula is C21H22F6N6O2. The van der Waals surface area contributed by atoms with E-state index in [2.05, 4.69) is 15.1 Å². The predicted molar refractivity (Wildman–Crippen MR) is 109 cm³/mol. The average molecular weight is 504 g/mol. The van der Waals surface area contributed by atoms with Gasteiger partial charge in [0, 0.05) is 31.4 Å². The zero-order valence-electron chi connectivity index (χ0n) is 18.4. The van der Waals surface area contributed by atoms with Crippen LogP contribution in [0.15, 0.2) is 23.3 Å². The normalized spacial score (nSPS) is 20.4. The van der Waals surface area contributed by atoms with E-state index in [1.165, 1.54) is 0 Å². The summed E-state index contributed by atoms with van der Waals surface area (Å²) in [5, 5.41) is 5.68. The molecule has 2 aliphatic rings. The lowest BCUT2D eigenvalue weighted by Gasteiger charge is -2.33. The number of aromatic amines is 1. The molecule has 2 aromatic heterocycles. The molecule has 8 nitrogen and oxygen atoms in total. The molecule has 2 aromatic rings. The van der Waals surface area contributed by atoms with Gasteiger partial charge in [0.25, 0.3) is 5.56 Å². The summed E-state index contributed by atoms with van der Waals surface area (Å²) in [5.74, 6) is -0.0783. The van der Waals surface area contributed by atoms with E-state index in [9.17, 15) is 35.9 Å². The number of amides is 1. The molecule has 1 amide bonds. The van der Waals surface area contributed by atoms with Crippen molar-refractivity contribution < 1.29 is 31.1 Å². The number of nitrogens with zero attached hydrogens (tertiary/aromatic N) is 5. The second-order valence-electron chi connectivity index (χ2n) is 8.64. The van der Waals surface area contributed by atoms with Gasteiger partial charge in [0.1, 0.15) is 11.4 Å². The fourth-order valence-electron chi connectivity index (χ4n) is 4.51. The van der Waals surface area contributed by atoms with E-state index in [1.54, 1.807) is 9.80 Å². The molecule has 4 rings (SSSR count). The second kappa shape index (κ2) is 9.55. The fraction of sp³-hybridized carbons (Fsp3) is 0.571. The number of carbonyl (C=O) groups is 1. The number of aromatic nitrogens is 4. The Hall–Kier alpha value is -3.03. The number of piperidine rings is 1. The van der Waals surface area contributed by atoms with Gasteiger partial charge in [-0.2, -0.15) is 31.4 Å². The molecule has 2 fully saturated rings. The number of carbonyl (C=O) groups excluding carboxylic acids is 1. The maximum absolute atomic E-state index is 13.1. The minimum Gasteiger partial charge on any atom is -0.342 e. The van der Waals surface area contributed by atoms with Crippen molar-refractivity contribution in [3.05, 3.63) is 51.5 Å². The molecule has 190 valence electrons. The topological polar surface area (TPSA) is 95.1 Å². The Labute approximate surface area is 195 Å². The number of likely N-dealkylation sites (tertiary alicyclic amines) is 2. The van der Waals surface area contributed by atoms with Gasteiger partial charge in [-0.25, -0.2) is 15.1 Å². The molecule has 0 saturated carbocycles. The van der Waals surface area contributed by atoms with E-state index in [0.717, 1.165) is 18.5 Å². The summed E-state index contributed by atoms with van der Waals surface area (Å²) in [6, 6.07) is 0.206. The molecule has 2 saturated heterocycles. The number of hydrogen-bond acceptors (Lipinski definition) is 6. The van der Waals surface area contributed by atoms with Crippen molar-refractivity contribution in [2.75, 3.05) is 26.2 Å². The van der Waals surface area contributed by atoms with Crippen LogP contribution in [0, 0.1) is 0 Å². The van der Waals surface area contributed by atoms with Gasteiger partial charge in [-0.1, -0.05) is 0 Å². The van der Waals surface area contributed by atoms with E-state index < -0.39 is 35.1 Å². The number of alkyl halides is 6.